The quantitative estimate of drug-likeness (QED) is 0.466. The average molecular weight is 378 g/mol. The fourth-order valence-electron chi connectivity index (χ4n) is 1.98. The predicted octanol–water partition coefficient (Wildman–Crippen LogP) is 5.57. The van der Waals surface area contributed by atoms with Gasteiger partial charge in [0, 0.05) is 21.5 Å². The topological polar surface area (TPSA) is 46.5 Å². The lowest BCUT2D eigenvalue weighted by molar-refractivity contribution is 0.415. The third-order valence-electron chi connectivity index (χ3n) is 3.22. The van der Waals surface area contributed by atoms with Gasteiger partial charge in [0.15, 0.2) is 0 Å². The molecule has 122 valence electrons. The highest BCUT2D eigenvalue weighted by Gasteiger charge is 2.04. The molecule has 0 bridgehead atoms. The van der Waals surface area contributed by atoms with E-state index < -0.39 is 0 Å². The maximum Gasteiger partial charge on any atom is 0.203 e. The second-order valence-corrected chi connectivity index (χ2v) is 6.50. The standard InChI is InChI=1S/C17H13Cl2N3OS/c1-23-14-6-3-11(4-7-14)16-10-24-17(21-16)22-20-9-12-2-5-13(18)8-15(12)19/h2-10H,1H3,(H,21,22)/b20-9+. The summed E-state index contributed by atoms with van der Waals surface area (Å²) in [5, 5.41) is 7.96. The Hall–Kier alpha value is -2.08. The van der Waals surface area contributed by atoms with Crippen molar-refractivity contribution < 1.29 is 4.74 Å². The zero-order valence-corrected chi connectivity index (χ0v) is 15.0. The molecule has 0 aliphatic rings. The fraction of sp³-hybridized carbons (Fsp3) is 0.0588. The van der Waals surface area contributed by atoms with Crippen LogP contribution >= 0.6 is 34.5 Å². The van der Waals surface area contributed by atoms with Crippen LogP contribution in [0.2, 0.25) is 10.0 Å². The highest BCUT2D eigenvalue weighted by atomic mass is 35.5. The van der Waals surface area contributed by atoms with E-state index >= 15 is 0 Å². The molecule has 4 nitrogen and oxygen atoms in total. The highest BCUT2D eigenvalue weighted by Crippen LogP contribution is 2.26. The lowest BCUT2D eigenvalue weighted by Crippen LogP contribution is -1.91. The Labute approximate surface area is 153 Å². The maximum absolute atomic E-state index is 6.09. The van der Waals surface area contributed by atoms with Gasteiger partial charge in [-0.05, 0) is 36.4 Å². The van der Waals surface area contributed by atoms with E-state index in [1.54, 1.807) is 31.5 Å². The number of anilines is 1. The van der Waals surface area contributed by atoms with Crippen LogP contribution in [0.1, 0.15) is 5.56 Å². The minimum atomic E-state index is 0.547. The minimum absolute atomic E-state index is 0.547. The van der Waals surface area contributed by atoms with Gasteiger partial charge >= 0.3 is 0 Å². The van der Waals surface area contributed by atoms with E-state index in [9.17, 15) is 0 Å². The van der Waals surface area contributed by atoms with E-state index in [4.69, 9.17) is 27.9 Å². The Morgan fingerprint density at radius 1 is 1.17 bits per heavy atom. The molecular formula is C17H13Cl2N3OS. The van der Waals surface area contributed by atoms with E-state index in [1.165, 1.54) is 11.3 Å². The van der Waals surface area contributed by atoms with Crippen molar-refractivity contribution in [2.45, 2.75) is 0 Å². The lowest BCUT2D eigenvalue weighted by Gasteiger charge is -2.00. The number of nitrogens with one attached hydrogen (secondary N) is 1. The minimum Gasteiger partial charge on any atom is -0.497 e. The summed E-state index contributed by atoms with van der Waals surface area (Å²) in [7, 11) is 1.64. The monoisotopic (exact) mass is 377 g/mol. The number of methoxy groups -OCH3 is 1. The molecule has 3 aromatic rings. The molecule has 1 N–H and O–H groups in total. The second-order valence-electron chi connectivity index (χ2n) is 4.80. The molecule has 2 aromatic carbocycles. The Balaban J connectivity index is 1.68. The van der Waals surface area contributed by atoms with Gasteiger partial charge in [-0.15, -0.1) is 11.3 Å². The summed E-state index contributed by atoms with van der Waals surface area (Å²) in [6.45, 7) is 0. The van der Waals surface area contributed by atoms with Crippen LogP contribution in [0.3, 0.4) is 0 Å². The summed E-state index contributed by atoms with van der Waals surface area (Å²) in [5.41, 5.74) is 5.58. The van der Waals surface area contributed by atoms with Crippen molar-refractivity contribution in [3.63, 3.8) is 0 Å². The summed E-state index contributed by atoms with van der Waals surface area (Å²) >= 11 is 13.4. The molecule has 0 aliphatic carbocycles. The number of aromatic nitrogens is 1. The third-order valence-corrected chi connectivity index (χ3v) is 4.53. The summed E-state index contributed by atoms with van der Waals surface area (Å²) in [4.78, 5) is 4.50. The molecule has 0 saturated heterocycles. The number of thiazole rings is 1. The molecule has 0 atom stereocenters. The number of halogens is 2. The molecule has 0 unspecified atom stereocenters. The molecule has 7 heteroatoms. The van der Waals surface area contributed by atoms with Gasteiger partial charge in [0.2, 0.25) is 5.13 Å². The molecule has 0 spiro atoms. The van der Waals surface area contributed by atoms with Crippen molar-refractivity contribution in [3.8, 4) is 17.0 Å². The summed E-state index contributed by atoms with van der Waals surface area (Å²) < 4.78 is 5.15. The molecule has 24 heavy (non-hydrogen) atoms. The van der Waals surface area contributed by atoms with E-state index in [0.29, 0.717) is 15.2 Å². The predicted molar refractivity (Wildman–Crippen MR) is 102 cm³/mol. The van der Waals surface area contributed by atoms with Crippen LogP contribution in [-0.4, -0.2) is 18.3 Å². The van der Waals surface area contributed by atoms with Gasteiger partial charge in [-0.3, -0.25) is 5.43 Å². The van der Waals surface area contributed by atoms with Gasteiger partial charge in [-0.1, -0.05) is 29.3 Å². The number of ether oxygens (including phenoxy) is 1. The van der Waals surface area contributed by atoms with Gasteiger partial charge in [0.05, 0.1) is 24.0 Å². The lowest BCUT2D eigenvalue weighted by atomic mass is 10.2. The maximum atomic E-state index is 6.09. The fourth-order valence-corrected chi connectivity index (χ4v) is 3.11. The van der Waals surface area contributed by atoms with E-state index in [2.05, 4.69) is 15.5 Å². The van der Waals surface area contributed by atoms with Crippen LogP contribution < -0.4 is 10.2 Å². The van der Waals surface area contributed by atoms with Gasteiger partial charge in [-0.2, -0.15) is 5.10 Å². The van der Waals surface area contributed by atoms with Crippen molar-refractivity contribution in [3.05, 3.63) is 63.5 Å². The van der Waals surface area contributed by atoms with E-state index in [0.717, 1.165) is 22.6 Å². The van der Waals surface area contributed by atoms with Crippen LogP contribution in [0.15, 0.2) is 52.9 Å². The Bertz CT molecular complexity index is 863. The van der Waals surface area contributed by atoms with E-state index in [1.807, 2.05) is 29.6 Å². The van der Waals surface area contributed by atoms with Crippen LogP contribution in [0.25, 0.3) is 11.3 Å². The number of benzene rings is 2. The number of hydrogen-bond donors (Lipinski definition) is 1. The normalized spacial score (nSPS) is 11.0. The molecular weight excluding hydrogens is 365 g/mol. The SMILES string of the molecule is COc1ccc(-c2csc(N/N=C/c3ccc(Cl)cc3Cl)n2)cc1. The molecule has 1 aromatic heterocycles. The zero-order chi connectivity index (χ0) is 16.9. The van der Waals surface area contributed by atoms with Crippen molar-refractivity contribution in [1.29, 1.82) is 0 Å². The smallest absolute Gasteiger partial charge is 0.203 e. The number of hydrazone groups is 1. The summed E-state index contributed by atoms with van der Waals surface area (Å²) in [5.74, 6) is 0.816. The van der Waals surface area contributed by atoms with E-state index in [-0.39, 0.29) is 0 Å². The number of hydrogen-bond acceptors (Lipinski definition) is 5. The first-order chi connectivity index (χ1) is 11.7. The van der Waals surface area contributed by atoms with Crippen LogP contribution in [0, 0.1) is 0 Å². The van der Waals surface area contributed by atoms with Crippen molar-refractivity contribution in [2.24, 2.45) is 5.10 Å². The molecule has 0 aliphatic heterocycles. The summed E-state index contributed by atoms with van der Waals surface area (Å²) in [6, 6.07) is 13.0. The first-order valence-corrected chi connectivity index (χ1v) is 8.63. The molecule has 3 rings (SSSR count). The number of nitrogens with zero attached hydrogens (tertiary/aromatic N) is 2. The average Bonchev–Trinajstić information content (AvgIpc) is 3.06. The largest absolute Gasteiger partial charge is 0.497 e. The third kappa shape index (κ3) is 4.06. The highest BCUT2D eigenvalue weighted by molar-refractivity contribution is 7.14. The van der Waals surface area contributed by atoms with Gasteiger partial charge in [-0.25, -0.2) is 4.98 Å². The Morgan fingerprint density at radius 2 is 1.96 bits per heavy atom. The first kappa shape index (κ1) is 16.8. The molecule has 0 amide bonds. The first-order valence-electron chi connectivity index (χ1n) is 7.00. The van der Waals surface area contributed by atoms with Gasteiger partial charge < -0.3 is 4.74 Å². The summed E-state index contributed by atoms with van der Waals surface area (Å²) in [6.07, 6.45) is 1.63. The van der Waals surface area contributed by atoms with Crippen molar-refractivity contribution in [1.82, 2.24) is 4.98 Å². The molecule has 0 fully saturated rings. The molecule has 0 radical (unpaired) electrons. The number of rotatable bonds is 5. The second kappa shape index (κ2) is 7.66. The van der Waals surface area contributed by atoms with Crippen LogP contribution in [0.5, 0.6) is 5.75 Å². The van der Waals surface area contributed by atoms with Crippen LogP contribution in [-0.2, 0) is 0 Å². The molecule has 0 saturated carbocycles. The Morgan fingerprint density at radius 3 is 2.67 bits per heavy atom. The van der Waals surface area contributed by atoms with Gasteiger partial charge in [0.25, 0.3) is 0 Å². The zero-order valence-electron chi connectivity index (χ0n) is 12.7. The Kier molecular flexibility index (Phi) is 5.35. The van der Waals surface area contributed by atoms with Crippen LogP contribution in [0.4, 0.5) is 5.13 Å². The molecule has 1 heterocycles. The van der Waals surface area contributed by atoms with Crippen molar-refractivity contribution in [2.75, 3.05) is 12.5 Å². The van der Waals surface area contributed by atoms with Gasteiger partial charge in [0.1, 0.15) is 5.75 Å². The van der Waals surface area contributed by atoms with Crippen molar-refractivity contribution >= 4 is 45.9 Å².